The van der Waals surface area contributed by atoms with Gasteiger partial charge in [-0.3, -0.25) is 4.79 Å². The number of nitrogens with zero attached hydrogens (tertiary/aromatic N) is 7. The highest BCUT2D eigenvalue weighted by atomic mass is 32.2. The first-order valence-electron chi connectivity index (χ1n) is 12.4. The molecule has 12 heteroatoms. The Morgan fingerprint density at radius 3 is 2.45 bits per heavy atom. The highest BCUT2D eigenvalue weighted by Gasteiger charge is 2.32. The Hall–Kier alpha value is -3.51. The normalized spacial score (nSPS) is 16.3. The molecule has 1 amide bonds. The van der Waals surface area contributed by atoms with Crippen LogP contribution in [-0.2, 0) is 4.79 Å². The van der Waals surface area contributed by atoms with E-state index in [1.165, 1.54) is 11.0 Å². The average molecular weight is 541 g/mol. The standard InChI is InChI=1S/C26H30F2N8OS/c1-16(2)36-21-12-17(11-19(27)25(21)33(3)15-23(36)37)24-20(28)14-30-26(32-24)31-22-6-5-18(13-29-22)34-7-9-35(38-4)10-8-34/h5-6,11-14,16H,7-10,15H2,1-4H3,(H,29,30,31,32). The van der Waals surface area contributed by atoms with E-state index in [0.29, 0.717) is 17.2 Å². The fourth-order valence-electron chi connectivity index (χ4n) is 4.86. The molecule has 1 aromatic carbocycles. The van der Waals surface area contributed by atoms with Gasteiger partial charge in [-0.2, -0.15) is 0 Å². The Balaban J connectivity index is 1.40. The molecular formula is C26H30F2N8OS. The lowest BCUT2D eigenvalue weighted by Crippen LogP contribution is -2.47. The lowest BCUT2D eigenvalue weighted by Gasteiger charge is -2.38. The Morgan fingerprint density at radius 1 is 1.03 bits per heavy atom. The number of aromatic nitrogens is 3. The molecule has 0 bridgehead atoms. The molecule has 38 heavy (non-hydrogen) atoms. The minimum Gasteiger partial charge on any atom is -0.368 e. The van der Waals surface area contributed by atoms with Crippen LogP contribution < -0.4 is 20.0 Å². The summed E-state index contributed by atoms with van der Waals surface area (Å²) in [5.74, 6) is -0.778. The largest absolute Gasteiger partial charge is 0.368 e. The van der Waals surface area contributed by atoms with E-state index in [2.05, 4.69) is 35.7 Å². The molecule has 5 rings (SSSR count). The van der Waals surface area contributed by atoms with Crippen LogP contribution in [-0.4, -0.2) is 77.2 Å². The molecule has 4 heterocycles. The number of anilines is 5. The van der Waals surface area contributed by atoms with Crippen molar-refractivity contribution in [1.29, 1.82) is 0 Å². The molecule has 2 aromatic heterocycles. The van der Waals surface area contributed by atoms with Crippen LogP contribution in [0.15, 0.2) is 36.7 Å². The van der Waals surface area contributed by atoms with Gasteiger partial charge in [0.15, 0.2) is 5.82 Å². The van der Waals surface area contributed by atoms with Gasteiger partial charge in [-0.25, -0.2) is 28.0 Å². The van der Waals surface area contributed by atoms with Gasteiger partial charge in [0.1, 0.15) is 17.3 Å². The van der Waals surface area contributed by atoms with Crippen molar-refractivity contribution < 1.29 is 13.6 Å². The molecule has 0 atom stereocenters. The van der Waals surface area contributed by atoms with Crippen molar-refractivity contribution in [3.8, 4) is 11.3 Å². The van der Waals surface area contributed by atoms with Gasteiger partial charge in [0.05, 0.1) is 36.0 Å². The highest BCUT2D eigenvalue weighted by Crippen LogP contribution is 2.40. The number of carbonyl (C=O) groups is 1. The molecule has 1 N–H and O–H groups in total. The van der Waals surface area contributed by atoms with Crippen LogP contribution in [0.3, 0.4) is 0 Å². The number of amides is 1. The molecule has 0 radical (unpaired) electrons. The molecule has 0 saturated carbocycles. The zero-order valence-electron chi connectivity index (χ0n) is 21.8. The van der Waals surface area contributed by atoms with Crippen LogP contribution in [0.4, 0.5) is 37.6 Å². The number of rotatable bonds is 6. The van der Waals surface area contributed by atoms with Crippen molar-refractivity contribution in [3.05, 3.63) is 48.3 Å². The van der Waals surface area contributed by atoms with Crippen molar-refractivity contribution in [3.63, 3.8) is 0 Å². The third kappa shape index (κ3) is 5.10. The third-order valence-electron chi connectivity index (χ3n) is 6.71. The van der Waals surface area contributed by atoms with E-state index in [1.54, 1.807) is 36.2 Å². The number of hydrogen-bond donors (Lipinski definition) is 1. The summed E-state index contributed by atoms with van der Waals surface area (Å²) in [6.45, 7) is 7.59. The minimum absolute atomic E-state index is 0.0667. The van der Waals surface area contributed by atoms with Gasteiger partial charge in [0.25, 0.3) is 0 Å². The number of fused-ring (bicyclic) bond motifs is 1. The maximum Gasteiger partial charge on any atom is 0.246 e. The molecule has 3 aromatic rings. The van der Waals surface area contributed by atoms with Crippen molar-refractivity contribution in [1.82, 2.24) is 19.3 Å². The van der Waals surface area contributed by atoms with E-state index in [-0.39, 0.29) is 35.7 Å². The van der Waals surface area contributed by atoms with E-state index in [4.69, 9.17) is 0 Å². The number of piperazine rings is 1. The second-order valence-corrected chi connectivity index (χ2v) is 10.4. The Kier molecular flexibility index (Phi) is 7.35. The lowest BCUT2D eigenvalue weighted by molar-refractivity contribution is -0.117. The van der Waals surface area contributed by atoms with Gasteiger partial charge in [-0.05, 0) is 44.4 Å². The zero-order chi connectivity index (χ0) is 27.0. The average Bonchev–Trinajstić information content (AvgIpc) is 2.89. The van der Waals surface area contributed by atoms with E-state index in [9.17, 15) is 9.18 Å². The Morgan fingerprint density at radius 2 is 1.79 bits per heavy atom. The summed E-state index contributed by atoms with van der Waals surface area (Å²) in [4.78, 5) is 30.9. The first-order chi connectivity index (χ1) is 18.2. The van der Waals surface area contributed by atoms with Gasteiger partial charge < -0.3 is 20.0 Å². The Bertz CT molecular complexity index is 1330. The third-order valence-corrected chi connectivity index (χ3v) is 7.59. The summed E-state index contributed by atoms with van der Waals surface area (Å²) in [6, 6.07) is 6.44. The predicted octanol–water partition coefficient (Wildman–Crippen LogP) is 4.15. The first-order valence-corrected chi connectivity index (χ1v) is 13.6. The number of benzene rings is 1. The van der Waals surface area contributed by atoms with Crippen LogP contribution in [0.2, 0.25) is 0 Å². The summed E-state index contributed by atoms with van der Waals surface area (Å²) in [5, 5.41) is 3.01. The van der Waals surface area contributed by atoms with Crippen molar-refractivity contribution in [2.24, 2.45) is 0 Å². The van der Waals surface area contributed by atoms with E-state index in [1.807, 2.05) is 26.0 Å². The highest BCUT2D eigenvalue weighted by molar-refractivity contribution is 7.96. The van der Waals surface area contributed by atoms with Gasteiger partial charge in [-0.15, -0.1) is 0 Å². The summed E-state index contributed by atoms with van der Waals surface area (Å²) < 4.78 is 32.5. The predicted molar refractivity (Wildman–Crippen MR) is 148 cm³/mol. The van der Waals surface area contributed by atoms with Crippen LogP contribution in [0, 0.1) is 11.6 Å². The number of halogens is 2. The second-order valence-electron chi connectivity index (χ2n) is 9.55. The fraction of sp³-hybridized carbons (Fsp3) is 0.385. The molecule has 0 aliphatic carbocycles. The van der Waals surface area contributed by atoms with Gasteiger partial charge in [0, 0.05) is 44.8 Å². The molecule has 0 spiro atoms. The molecular weight excluding hydrogens is 510 g/mol. The lowest BCUT2D eigenvalue weighted by atomic mass is 10.0. The first kappa shape index (κ1) is 26.1. The molecule has 1 saturated heterocycles. The molecule has 2 aliphatic heterocycles. The second kappa shape index (κ2) is 10.7. The van der Waals surface area contributed by atoms with Crippen LogP contribution in [0.5, 0.6) is 0 Å². The summed E-state index contributed by atoms with van der Waals surface area (Å²) in [6.07, 6.45) is 4.91. The number of likely N-dealkylation sites (N-methyl/N-ethyl adjacent to an activating group) is 1. The van der Waals surface area contributed by atoms with E-state index >= 15 is 4.39 Å². The van der Waals surface area contributed by atoms with Gasteiger partial charge >= 0.3 is 0 Å². The monoisotopic (exact) mass is 540 g/mol. The zero-order valence-corrected chi connectivity index (χ0v) is 22.6. The van der Waals surface area contributed by atoms with Crippen LogP contribution in [0.1, 0.15) is 13.8 Å². The smallest absolute Gasteiger partial charge is 0.246 e. The van der Waals surface area contributed by atoms with E-state index in [0.717, 1.165) is 38.1 Å². The topological polar surface area (TPSA) is 80.7 Å². The van der Waals surface area contributed by atoms with Crippen LogP contribution in [0.25, 0.3) is 11.3 Å². The van der Waals surface area contributed by atoms with Crippen LogP contribution >= 0.6 is 11.9 Å². The molecule has 0 unspecified atom stereocenters. The number of carbonyl (C=O) groups excluding carboxylic acids is 1. The molecule has 9 nitrogen and oxygen atoms in total. The summed E-state index contributed by atoms with van der Waals surface area (Å²) >= 11 is 1.76. The summed E-state index contributed by atoms with van der Waals surface area (Å²) in [7, 11) is 1.66. The number of pyridine rings is 1. The molecule has 2 aliphatic rings. The van der Waals surface area contributed by atoms with Gasteiger partial charge in [0.2, 0.25) is 11.9 Å². The number of hydrogen-bond acceptors (Lipinski definition) is 9. The maximum absolute atomic E-state index is 15.3. The number of nitrogens with one attached hydrogen (secondary N) is 1. The van der Waals surface area contributed by atoms with E-state index < -0.39 is 11.6 Å². The maximum atomic E-state index is 15.3. The van der Waals surface area contributed by atoms with Crippen molar-refractivity contribution in [2.75, 3.05) is 66.0 Å². The Labute approximate surface area is 225 Å². The molecule has 1 fully saturated rings. The fourth-order valence-corrected chi connectivity index (χ4v) is 5.39. The quantitative estimate of drug-likeness (QED) is 0.464. The minimum atomic E-state index is -0.700. The summed E-state index contributed by atoms with van der Waals surface area (Å²) in [5.41, 5.74) is 1.85. The molecule has 200 valence electrons. The SMILES string of the molecule is CSN1CCN(c2ccc(Nc3ncc(F)c(-c4cc(F)c5c(c4)N(C(C)C)C(=O)CN5C)n3)nc2)CC1. The van der Waals surface area contributed by atoms with Gasteiger partial charge in [-0.1, -0.05) is 11.9 Å². The van der Waals surface area contributed by atoms with Crippen molar-refractivity contribution >= 4 is 46.7 Å². The van der Waals surface area contributed by atoms with Crippen molar-refractivity contribution in [2.45, 2.75) is 19.9 Å².